The molecule has 6 heteroatoms. The average molecular weight is 439 g/mol. The molecule has 0 aromatic heterocycles. The third-order valence-corrected chi connectivity index (χ3v) is 9.63. The molecule has 0 saturated heterocycles. The predicted octanol–water partition coefficient (Wildman–Crippen LogP) is 4.40. The summed E-state index contributed by atoms with van der Waals surface area (Å²) in [6, 6.07) is 0. The number of nitrogens with zero attached hydrogens (tertiary/aromatic N) is 2. The van der Waals surface area contributed by atoms with Crippen molar-refractivity contribution in [3.05, 3.63) is 0 Å². The number of hydrogen-bond donors (Lipinski definition) is 2. The van der Waals surface area contributed by atoms with E-state index in [1.54, 1.807) is 0 Å². The van der Waals surface area contributed by atoms with Gasteiger partial charge in [-0.1, -0.05) is 0 Å². The number of hydrogen-bond acceptors (Lipinski definition) is 4. The van der Waals surface area contributed by atoms with Gasteiger partial charge < -0.3 is 0 Å². The first-order valence-corrected chi connectivity index (χ1v) is 13.3. The lowest BCUT2D eigenvalue weighted by atomic mass is 9.55. The summed E-state index contributed by atoms with van der Waals surface area (Å²) in [6.07, 6.45) is 15.4. The fourth-order valence-electron chi connectivity index (χ4n) is 8.64. The van der Waals surface area contributed by atoms with Crippen molar-refractivity contribution >= 4 is 23.2 Å². The first-order valence-electron chi connectivity index (χ1n) is 13.3. The lowest BCUT2D eigenvalue weighted by Gasteiger charge is -2.50. The minimum Gasteiger partial charge on any atom is -0.273 e. The Morgan fingerprint density at radius 1 is 0.562 bits per heavy atom. The zero-order valence-corrected chi connectivity index (χ0v) is 19.2. The van der Waals surface area contributed by atoms with E-state index in [9.17, 15) is 9.59 Å². The highest BCUT2D eigenvalue weighted by Crippen LogP contribution is 2.53. The Morgan fingerprint density at radius 2 is 0.875 bits per heavy atom. The summed E-state index contributed by atoms with van der Waals surface area (Å²) in [5.74, 6) is 6.08. The van der Waals surface area contributed by atoms with Crippen molar-refractivity contribution in [2.45, 2.75) is 89.9 Å². The van der Waals surface area contributed by atoms with Crippen molar-refractivity contribution in [3.63, 3.8) is 0 Å². The van der Waals surface area contributed by atoms with Gasteiger partial charge in [-0.3, -0.25) is 9.59 Å². The second-order valence-electron chi connectivity index (χ2n) is 12.0. The quantitative estimate of drug-likeness (QED) is 0.456. The molecular weight excluding hydrogens is 400 g/mol. The maximum absolute atomic E-state index is 12.3. The summed E-state index contributed by atoms with van der Waals surface area (Å²) >= 11 is 0. The van der Waals surface area contributed by atoms with Crippen LogP contribution < -0.4 is 10.9 Å². The molecule has 8 bridgehead atoms. The standard InChI is InChI=1S/C26H38N4O2/c31-23(27-29-25-19-7-15-5-16(9-19)10-20(25)8-15)3-1-2-4-24(32)28-30-26-21-11-17-6-18(13-21)14-22(26)12-17/h15-22H,1-14H2,(H,27,31)(H,28,32). The molecule has 0 unspecified atom stereocenters. The normalized spacial score (nSPS) is 40.5. The van der Waals surface area contributed by atoms with Gasteiger partial charge in [-0.05, 0) is 124 Å². The highest BCUT2D eigenvalue weighted by Gasteiger charge is 2.47. The maximum atomic E-state index is 12.3. The van der Waals surface area contributed by atoms with Gasteiger partial charge in [0.2, 0.25) is 11.8 Å². The molecule has 8 aliphatic rings. The van der Waals surface area contributed by atoms with Gasteiger partial charge in [-0.25, -0.2) is 10.9 Å². The highest BCUT2D eigenvalue weighted by molar-refractivity contribution is 5.92. The first kappa shape index (κ1) is 20.9. The smallest absolute Gasteiger partial charge is 0.240 e. The molecule has 8 rings (SSSR count). The Balaban J connectivity index is 0.902. The van der Waals surface area contributed by atoms with Crippen molar-refractivity contribution < 1.29 is 9.59 Å². The van der Waals surface area contributed by atoms with E-state index in [0.29, 0.717) is 49.4 Å². The van der Waals surface area contributed by atoms with E-state index in [0.717, 1.165) is 23.7 Å². The van der Waals surface area contributed by atoms with Crippen LogP contribution in [0.25, 0.3) is 0 Å². The summed E-state index contributed by atoms with van der Waals surface area (Å²) in [5, 5.41) is 9.15. The van der Waals surface area contributed by atoms with Gasteiger partial charge in [0.15, 0.2) is 0 Å². The fourth-order valence-corrected chi connectivity index (χ4v) is 8.64. The van der Waals surface area contributed by atoms with Crippen molar-refractivity contribution in [1.29, 1.82) is 0 Å². The number of amides is 2. The van der Waals surface area contributed by atoms with Gasteiger partial charge in [0, 0.05) is 24.3 Å². The molecule has 0 heterocycles. The second kappa shape index (κ2) is 8.57. The Bertz CT molecular complexity index is 704. The van der Waals surface area contributed by atoms with E-state index in [2.05, 4.69) is 21.1 Å². The molecule has 0 aromatic carbocycles. The third-order valence-electron chi connectivity index (χ3n) is 9.63. The van der Waals surface area contributed by atoms with Crippen molar-refractivity contribution in [3.8, 4) is 0 Å². The van der Waals surface area contributed by atoms with Crippen LogP contribution in [0.2, 0.25) is 0 Å². The maximum Gasteiger partial charge on any atom is 0.240 e. The summed E-state index contributed by atoms with van der Waals surface area (Å²) in [4.78, 5) is 24.5. The van der Waals surface area contributed by atoms with Crippen molar-refractivity contribution in [1.82, 2.24) is 10.9 Å². The van der Waals surface area contributed by atoms with Crippen LogP contribution in [0.1, 0.15) is 89.9 Å². The summed E-state index contributed by atoms with van der Waals surface area (Å²) in [6.45, 7) is 0. The van der Waals surface area contributed by atoms with E-state index in [1.165, 1.54) is 75.6 Å². The first-order chi connectivity index (χ1) is 15.6. The Morgan fingerprint density at radius 3 is 1.19 bits per heavy atom. The van der Waals surface area contributed by atoms with Gasteiger partial charge in [0.05, 0.1) is 0 Å². The summed E-state index contributed by atoms with van der Waals surface area (Å²) < 4.78 is 0. The topological polar surface area (TPSA) is 82.9 Å². The van der Waals surface area contributed by atoms with Crippen LogP contribution in [0, 0.1) is 47.3 Å². The van der Waals surface area contributed by atoms with Crippen LogP contribution in [-0.2, 0) is 9.59 Å². The second-order valence-corrected chi connectivity index (χ2v) is 12.0. The van der Waals surface area contributed by atoms with Crippen LogP contribution in [0.4, 0.5) is 0 Å². The molecule has 32 heavy (non-hydrogen) atoms. The monoisotopic (exact) mass is 438 g/mol. The van der Waals surface area contributed by atoms with Crippen molar-refractivity contribution in [2.24, 2.45) is 57.5 Å². The Labute approximate surface area is 191 Å². The average Bonchev–Trinajstić information content (AvgIpc) is 2.75. The zero-order valence-electron chi connectivity index (χ0n) is 19.2. The molecule has 6 nitrogen and oxygen atoms in total. The minimum atomic E-state index is -0.0134. The lowest BCUT2D eigenvalue weighted by Crippen LogP contribution is -2.46. The van der Waals surface area contributed by atoms with Gasteiger partial charge in [-0.15, -0.1) is 0 Å². The summed E-state index contributed by atoms with van der Waals surface area (Å²) in [5.41, 5.74) is 8.19. The SMILES string of the molecule is O=C(CCCCC(=O)NN=C1C2CC3CC(C2)CC1C3)NN=C1C2CC3CC(C2)CC1C3. The molecule has 0 spiro atoms. The summed E-state index contributed by atoms with van der Waals surface area (Å²) in [7, 11) is 0. The van der Waals surface area contributed by atoms with E-state index in [-0.39, 0.29) is 11.8 Å². The van der Waals surface area contributed by atoms with Crippen LogP contribution >= 0.6 is 0 Å². The molecule has 2 amide bonds. The number of nitrogens with one attached hydrogen (secondary N) is 2. The van der Waals surface area contributed by atoms with Crippen LogP contribution in [0.15, 0.2) is 10.2 Å². The molecule has 8 fully saturated rings. The largest absolute Gasteiger partial charge is 0.273 e. The minimum absolute atomic E-state index is 0.0134. The fraction of sp³-hybridized carbons (Fsp3) is 0.846. The van der Waals surface area contributed by atoms with Gasteiger partial charge in [0.25, 0.3) is 0 Å². The molecule has 8 saturated carbocycles. The number of carbonyl (C=O) groups is 2. The number of carbonyl (C=O) groups excluding carboxylic acids is 2. The Hall–Kier alpha value is -1.72. The van der Waals surface area contributed by atoms with Crippen LogP contribution in [0.3, 0.4) is 0 Å². The molecule has 174 valence electrons. The molecule has 0 aliphatic heterocycles. The van der Waals surface area contributed by atoms with E-state index >= 15 is 0 Å². The molecular formula is C26H38N4O2. The highest BCUT2D eigenvalue weighted by atomic mass is 16.2. The van der Waals surface area contributed by atoms with E-state index in [4.69, 9.17) is 0 Å². The molecule has 0 radical (unpaired) electrons. The van der Waals surface area contributed by atoms with Crippen LogP contribution in [0.5, 0.6) is 0 Å². The zero-order chi connectivity index (χ0) is 21.7. The molecule has 2 N–H and O–H groups in total. The van der Waals surface area contributed by atoms with Crippen molar-refractivity contribution in [2.75, 3.05) is 0 Å². The third kappa shape index (κ3) is 4.14. The van der Waals surface area contributed by atoms with Gasteiger partial charge in [-0.2, -0.15) is 10.2 Å². The van der Waals surface area contributed by atoms with E-state index < -0.39 is 0 Å². The van der Waals surface area contributed by atoms with E-state index in [1.807, 2.05) is 0 Å². The molecule has 0 aromatic rings. The lowest BCUT2D eigenvalue weighted by molar-refractivity contribution is -0.123. The number of hydrazone groups is 2. The molecule has 0 atom stereocenters. The van der Waals surface area contributed by atoms with Gasteiger partial charge in [0.1, 0.15) is 0 Å². The molecule has 8 aliphatic carbocycles. The number of unbranched alkanes of at least 4 members (excludes halogenated alkanes) is 1. The number of rotatable bonds is 7. The Kier molecular flexibility index (Phi) is 5.58. The van der Waals surface area contributed by atoms with Gasteiger partial charge >= 0.3 is 0 Å². The van der Waals surface area contributed by atoms with Crippen LogP contribution in [-0.4, -0.2) is 23.2 Å². The predicted molar refractivity (Wildman–Crippen MR) is 124 cm³/mol.